The molecule has 0 saturated carbocycles. The molecule has 4 heteroatoms. The molecule has 22 heavy (non-hydrogen) atoms. The Morgan fingerprint density at radius 3 is 2.82 bits per heavy atom. The molecule has 0 fully saturated rings. The SMILES string of the molecule is CCCC12CCC(=O)C=C1c1c(cc(CC#N)c(Cl)c1Cl)C2. The third kappa shape index (κ3) is 2.28. The summed E-state index contributed by atoms with van der Waals surface area (Å²) < 4.78 is 0. The Labute approximate surface area is 140 Å². The molecule has 1 atom stereocenters. The molecule has 2 nitrogen and oxygen atoms in total. The molecule has 0 saturated heterocycles. The van der Waals surface area contributed by atoms with Gasteiger partial charge in [-0.1, -0.05) is 42.6 Å². The van der Waals surface area contributed by atoms with E-state index in [4.69, 9.17) is 28.5 Å². The largest absolute Gasteiger partial charge is 0.295 e. The number of carbonyl (C=O) groups is 1. The van der Waals surface area contributed by atoms with E-state index >= 15 is 0 Å². The zero-order valence-electron chi connectivity index (χ0n) is 12.5. The van der Waals surface area contributed by atoms with Crippen molar-refractivity contribution < 1.29 is 4.79 Å². The molecule has 0 heterocycles. The number of carbonyl (C=O) groups excluding carboxylic acids is 1. The molecule has 0 bridgehead atoms. The minimum atomic E-state index is 0.0171. The number of hydrogen-bond acceptors (Lipinski definition) is 2. The lowest BCUT2D eigenvalue weighted by molar-refractivity contribution is -0.115. The summed E-state index contributed by atoms with van der Waals surface area (Å²) >= 11 is 12.9. The van der Waals surface area contributed by atoms with Crippen LogP contribution in [0.2, 0.25) is 10.0 Å². The van der Waals surface area contributed by atoms with Gasteiger partial charge in [0.15, 0.2) is 5.78 Å². The first-order valence-electron chi connectivity index (χ1n) is 7.64. The lowest BCUT2D eigenvalue weighted by Crippen LogP contribution is -2.25. The fourth-order valence-corrected chi connectivity index (χ4v) is 4.54. The minimum absolute atomic E-state index is 0.0171. The Balaban J connectivity index is 2.20. The quantitative estimate of drug-likeness (QED) is 0.767. The van der Waals surface area contributed by atoms with Crippen LogP contribution < -0.4 is 0 Å². The van der Waals surface area contributed by atoms with Crippen LogP contribution >= 0.6 is 23.2 Å². The van der Waals surface area contributed by atoms with Gasteiger partial charge in [-0.05, 0) is 42.0 Å². The van der Waals surface area contributed by atoms with Crippen LogP contribution in [-0.4, -0.2) is 5.78 Å². The standard InChI is InChI=1S/C18H17Cl2NO/c1-2-5-18-6-3-13(22)9-14(18)15-12(10-18)8-11(4-7-21)16(19)17(15)20/h8-9H,2-6,10H2,1H3. The number of rotatable bonds is 3. The molecule has 0 aliphatic heterocycles. The Kier molecular flexibility index (Phi) is 4.05. The zero-order chi connectivity index (χ0) is 15.9. The van der Waals surface area contributed by atoms with Gasteiger partial charge in [0.2, 0.25) is 0 Å². The second-order valence-electron chi connectivity index (χ2n) is 6.26. The Bertz CT molecular complexity index is 730. The molecule has 1 aromatic carbocycles. The summed E-state index contributed by atoms with van der Waals surface area (Å²) in [4.78, 5) is 11.9. The summed E-state index contributed by atoms with van der Waals surface area (Å²) in [5, 5.41) is 9.91. The highest BCUT2D eigenvalue weighted by Crippen LogP contribution is 2.57. The van der Waals surface area contributed by atoms with Crippen LogP contribution in [0.15, 0.2) is 12.1 Å². The number of halogens is 2. The van der Waals surface area contributed by atoms with Crippen LogP contribution in [0, 0.1) is 16.7 Å². The van der Waals surface area contributed by atoms with Crippen molar-refractivity contribution >= 4 is 34.6 Å². The summed E-state index contributed by atoms with van der Waals surface area (Å²) in [7, 11) is 0. The third-order valence-electron chi connectivity index (χ3n) is 4.89. The van der Waals surface area contributed by atoms with Crippen molar-refractivity contribution in [3.8, 4) is 6.07 Å². The van der Waals surface area contributed by atoms with Crippen molar-refractivity contribution in [2.24, 2.45) is 5.41 Å². The van der Waals surface area contributed by atoms with Gasteiger partial charge in [0.05, 0.1) is 22.5 Å². The molecule has 0 amide bonds. The van der Waals surface area contributed by atoms with E-state index in [9.17, 15) is 4.79 Å². The number of allylic oxidation sites excluding steroid dienone is 2. The van der Waals surface area contributed by atoms with Crippen molar-refractivity contribution in [3.05, 3.63) is 38.9 Å². The van der Waals surface area contributed by atoms with Gasteiger partial charge in [-0.25, -0.2) is 0 Å². The van der Waals surface area contributed by atoms with Crippen LogP contribution in [0.25, 0.3) is 5.57 Å². The molecular weight excluding hydrogens is 317 g/mol. The smallest absolute Gasteiger partial charge is 0.156 e. The monoisotopic (exact) mass is 333 g/mol. The summed E-state index contributed by atoms with van der Waals surface area (Å²) in [6.07, 6.45) is 6.51. The molecular formula is C18H17Cl2NO. The maximum Gasteiger partial charge on any atom is 0.156 e. The normalized spacial score (nSPS) is 22.8. The highest BCUT2D eigenvalue weighted by molar-refractivity contribution is 6.44. The number of ketones is 1. The third-order valence-corrected chi connectivity index (χ3v) is 5.79. The van der Waals surface area contributed by atoms with Gasteiger partial charge >= 0.3 is 0 Å². The topological polar surface area (TPSA) is 40.9 Å². The van der Waals surface area contributed by atoms with Gasteiger partial charge in [0.1, 0.15) is 0 Å². The van der Waals surface area contributed by atoms with E-state index in [-0.39, 0.29) is 17.6 Å². The van der Waals surface area contributed by atoms with Gasteiger partial charge in [0.25, 0.3) is 0 Å². The van der Waals surface area contributed by atoms with E-state index < -0.39 is 0 Å². The van der Waals surface area contributed by atoms with Gasteiger partial charge in [0, 0.05) is 17.4 Å². The van der Waals surface area contributed by atoms with E-state index in [1.54, 1.807) is 6.08 Å². The fourth-order valence-electron chi connectivity index (χ4n) is 3.98. The van der Waals surface area contributed by atoms with Crippen molar-refractivity contribution in [1.29, 1.82) is 5.26 Å². The lowest BCUT2D eigenvalue weighted by atomic mass is 9.70. The van der Waals surface area contributed by atoms with Crippen LogP contribution in [0.3, 0.4) is 0 Å². The Hall–Kier alpha value is -1.30. The summed E-state index contributed by atoms with van der Waals surface area (Å²) in [6.45, 7) is 2.17. The molecule has 2 aliphatic carbocycles. The van der Waals surface area contributed by atoms with Crippen LogP contribution in [0.4, 0.5) is 0 Å². The molecule has 2 aliphatic rings. The average Bonchev–Trinajstić information content (AvgIpc) is 2.79. The number of benzene rings is 1. The molecule has 3 rings (SSSR count). The lowest BCUT2D eigenvalue weighted by Gasteiger charge is -2.33. The fraction of sp³-hybridized carbons (Fsp3) is 0.444. The predicted octanol–water partition coefficient (Wildman–Crippen LogP) is 5.15. The molecule has 0 aromatic heterocycles. The van der Waals surface area contributed by atoms with Crippen molar-refractivity contribution in [1.82, 2.24) is 0 Å². The van der Waals surface area contributed by atoms with Crippen molar-refractivity contribution in [3.63, 3.8) is 0 Å². The first-order valence-corrected chi connectivity index (χ1v) is 8.40. The maximum absolute atomic E-state index is 11.9. The van der Waals surface area contributed by atoms with E-state index in [1.807, 2.05) is 6.07 Å². The molecule has 0 N–H and O–H groups in total. The van der Waals surface area contributed by atoms with E-state index in [1.165, 1.54) is 0 Å². The molecule has 1 unspecified atom stereocenters. The zero-order valence-corrected chi connectivity index (χ0v) is 14.0. The highest BCUT2D eigenvalue weighted by Gasteiger charge is 2.45. The van der Waals surface area contributed by atoms with Gasteiger partial charge in [-0.2, -0.15) is 5.26 Å². The highest BCUT2D eigenvalue weighted by atomic mass is 35.5. The van der Waals surface area contributed by atoms with Crippen molar-refractivity contribution in [2.75, 3.05) is 0 Å². The number of nitriles is 1. The van der Waals surface area contributed by atoms with Gasteiger partial charge in [-0.15, -0.1) is 0 Å². The first kappa shape index (κ1) is 15.6. The van der Waals surface area contributed by atoms with E-state index in [0.717, 1.165) is 47.9 Å². The minimum Gasteiger partial charge on any atom is -0.295 e. The van der Waals surface area contributed by atoms with E-state index in [2.05, 4.69) is 13.0 Å². The molecule has 114 valence electrons. The molecule has 0 spiro atoms. The first-order chi connectivity index (χ1) is 10.5. The summed E-state index contributed by atoms with van der Waals surface area (Å²) in [6, 6.07) is 4.14. The van der Waals surface area contributed by atoms with Crippen LogP contribution in [0.5, 0.6) is 0 Å². The second kappa shape index (κ2) is 5.72. The number of nitrogens with zero attached hydrogens (tertiary/aromatic N) is 1. The van der Waals surface area contributed by atoms with Crippen LogP contribution in [-0.2, 0) is 17.6 Å². The molecule has 1 aromatic rings. The van der Waals surface area contributed by atoms with E-state index in [0.29, 0.717) is 16.5 Å². The van der Waals surface area contributed by atoms with Gasteiger partial charge in [-0.3, -0.25) is 4.79 Å². The average molecular weight is 334 g/mol. The van der Waals surface area contributed by atoms with Crippen LogP contribution in [0.1, 0.15) is 49.3 Å². The second-order valence-corrected chi connectivity index (χ2v) is 7.02. The maximum atomic E-state index is 11.9. The molecule has 0 radical (unpaired) electrons. The predicted molar refractivity (Wildman–Crippen MR) is 89.0 cm³/mol. The van der Waals surface area contributed by atoms with Crippen molar-refractivity contribution in [2.45, 2.75) is 45.4 Å². The number of fused-ring (bicyclic) bond motifs is 3. The Morgan fingerprint density at radius 1 is 1.36 bits per heavy atom. The summed E-state index contributed by atoms with van der Waals surface area (Å²) in [5.74, 6) is 0.169. The Morgan fingerprint density at radius 2 is 2.14 bits per heavy atom. The summed E-state index contributed by atoms with van der Waals surface area (Å²) in [5.41, 5.74) is 3.94. The van der Waals surface area contributed by atoms with Gasteiger partial charge < -0.3 is 0 Å². The number of hydrogen-bond donors (Lipinski definition) is 0.